The van der Waals surface area contributed by atoms with Gasteiger partial charge in [-0.3, -0.25) is 4.79 Å². The summed E-state index contributed by atoms with van der Waals surface area (Å²) in [5.41, 5.74) is -7.85. The van der Waals surface area contributed by atoms with Gasteiger partial charge in [0.2, 0.25) is 5.91 Å². The molecule has 0 aromatic heterocycles. The number of amides is 1. The Labute approximate surface area is 212 Å². The summed E-state index contributed by atoms with van der Waals surface area (Å²) >= 11 is 5.61. The Hall–Kier alpha value is -3.04. The van der Waals surface area contributed by atoms with Crippen molar-refractivity contribution in [2.45, 2.75) is 36.3 Å². The molecule has 1 N–H and O–H groups in total. The van der Waals surface area contributed by atoms with Crippen LogP contribution < -0.4 is 5.32 Å². The van der Waals surface area contributed by atoms with Gasteiger partial charge in [-0.15, -0.1) is 0 Å². The summed E-state index contributed by atoms with van der Waals surface area (Å²) in [6.45, 7) is -0.930. The molecule has 0 atom stereocenters. The van der Waals surface area contributed by atoms with E-state index in [0.717, 1.165) is 24.3 Å². The molecule has 1 amide bonds. The van der Waals surface area contributed by atoms with Gasteiger partial charge in [0.25, 0.3) is 5.79 Å². The molecule has 0 saturated carbocycles. The van der Waals surface area contributed by atoms with Crippen LogP contribution in [-0.2, 0) is 24.6 Å². The largest absolute Gasteiger partial charge is 0.443 e. The SMILES string of the molecule is O=C(CC1(C(F)(F)F)OCCO1)Nc1ccc(C(OC(=O)c2ccc(Cl)cc2)(C(F)(F)F)C(F)(F)F)cc1. The number of anilines is 1. The number of ether oxygens (including phenoxy) is 3. The Balaban J connectivity index is 1.91. The van der Waals surface area contributed by atoms with Crippen molar-refractivity contribution in [3.8, 4) is 0 Å². The van der Waals surface area contributed by atoms with E-state index < -0.39 is 78.2 Å². The highest BCUT2D eigenvalue weighted by molar-refractivity contribution is 6.30. The van der Waals surface area contributed by atoms with E-state index in [-0.39, 0.29) is 17.2 Å². The summed E-state index contributed by atoms with van der Waals surface area (Å²) < 4.78 is 137. The molecule has 0 spiro atoms. The molecule has 2 aromatic carbocycles. The number of alkyl halides is 9. The van der Waals surface area contributed by atoms with Crippen LogP contribution in [0, 0.1) is 0 Å². The minimum Gasteiger partial charge on any atom is -0.431 e. The lowest BCUT2D eigenvalue weighted by atomic mass is 9.91. The van der Waals surface area contributed by atoms with Crippen molar-refractivity contribution in [3.05, 3.63) is 64.7 Å². The Morgan fingerprint density at radius 2 is 1.34 bits per heavy atom. The van der Waals surface area contributed by atoms with Crippen molar-refractivity contribution in [2.24, 2.45) is 0 Å². The predicted molar refractivity (Wildman–Crippen MR) is 111 cm³/mol. The fourth-order valence-electron chi connectivity index (χ4n) is 3.47. The van der Waals surface area contributed by atoms with Crippen molar-refractivity contribution in [1.29, 1.82) is 0 Å². The van der Waals surface area contributed by atoms with Crippen molar-refractivity contribution in [1.82, 2.24) is 0 Å². The van der Waals surface area contributed by atoms with Crippen LogP contribution in [0.2, 0.25) is 5.02 Å². The minimum atomic E-state index is -6.21. The molecule has 16 heteroatoms. The third-order valence-corrected chi connectivity index (χ3v) is 5.53. The molecule has 0 aliphatic carbocycles. The van der Waals surface area contributed by atoms with Crippen LogP contribution in [0.5, 0.6) is 0 Å². The number of hydrogen-bond donors (Lipinski definition) is 1. The van der Waals surface area contributed by atoms with Crippen LogP contribution in [0.1, 0.15) is 22.3 Å². The van der Waals surface area contributed by atoms with E-state index in [1.165, 1.54) is 0 Å². The lowest BCUT2D eigenvalue weighted by Gasteiger charge is -2.37. The molecule has 38 heavy (non-hydrogen) atoms. The molecule has 1 fully saturated rings. The lowest BCUT2D eigenvalue weighted by molar-refractivity contribution is -0.373. The van der Waals surface area contributed by atoms with Gasteiger partial charge in [-0.2, -0.15) is 39.5 Å². The first-order valence-electron chi connectivity index (χ1n) is 10.3. The number of benzene rings is 2. The van der Waals surface area contributed by atoms with Crippen molar-refractivity contribution in [2.75, 3.05) is 18.5 Å². The first kappa shape index (κ1) is 29.5. The van der Waals surface area contributed by atoms with Crippen molar-refractivity contribution < 1.29 is 63.3 Å². The van der Waals surface area contributed by atoms with Crippen molar-refractivity contribution in [3.63, 3.8) is 0 Å². The monoisotopic (exact) mass is 579 g/mol. The summed E-state index contributed by atoms with van der Waals surface area (Å²) in [4.78, 5) is 24.4. The second kappa shape index (κ2) is 10.3. The van der Waals surface area contributed by atoms with Gasteiger partial charge in [0.15, 0.2) is 0 Å². The zero-order valence-electron chi connectivity index (χ0n) is 18.6. The van der Waals surface area contributed by atoms with E-state index in [1.54, 1.807) is 0 Å². The highest BCUT2D eigenvalue weighted by Crippen LogP contribution is 2.53. The molecule has 6 nitrogen and oxygen atoms in total. The molecule has 0 bridgehead atoms. The fraction of sp³-hybridized carbons (Fsp3) is 0.364. The second-order valence-electron chi connectivity index (χ2n) is 7.82. The third-order valence-electron chi connectivity index (χ3n) is 5.28. The van der Waals surface area contributed by atoms with Crippen molar-refractivity contribution >= 4 is 29.2 Å². The topological polar surface area (TPSA) is 73.9 Å². The average Bonchev–Trinajstić information content (AvgIpc) is 3.26. The fourth-order valence-corrected chi connectivity index (χ4v) is 3.60. The molecule has 1 heterocycles. The molecule has 3 rings (SSSR count). The van der Waals surface area contributed by atoms with E-state index in [0.29, 0.717) is 12.1 Å². The minimum absolute atomic E-state index is 0.0457. The van der Waals surface area contributed by atoms with E-state index in [1.807, 2.05) is 5.32 Å². The van der Waals surface area contributed by atoms with E-state index in [2.05, 4.69) is 14.2 Å². The van der Waals surface area contributed by atoms with Gasteiger partial charge < -0.3 is 19.5 Å². The lowest BCUT2D eigenvalue weighted by Crippen LogP contribution is -2.56. The van der Waals surface area contributed by atoms with Crippen LogP contribution in [-0.4, -0.2) is 49.4 Å². The molecule has 0 radical (unpaired) electrons. The van der Waals surface area contributed by atoms with E-state index in [9.17, 15) is 49.1 Å². The van der Waals surface area contributed by atoms with Crippen LogP contribution >= 0.6 is 11.6 Å². The highest BCUT2D eigenvalue weighted by atomic mass is 35.5. The Morgan fingerprint density at radius 3 is 1.79 bits per heavy atom. The molecule has 1 aliphatic heterocycles. The number of rotatable bonds is 6. The first-order valence-corrected chi connectivity index (χ1v) is 10.7. The average molecular weight is 580 g/mol. The third kappa shape index (κ3) is 5.68. The molecule has 208 valence electrons. The number of carbonyl (C=O) groups is 2. The van der Waals surface area contributed by atoms with Crippen LogP contribution in [0.3, 0.4) is 0 Å². The highest BCUT2D eigenvalue weighted by Gasteiger charge is 2.75. The molecular weight excluding hydrogens is 565 g/mol. The maximum absolute atomic E-state index is 14.0. The van der Waals surface area contributed by atoms with Gasteiger partial charge >= 0.3 is 30.1 Å². The predicted octanol–water partition coefficient (Wildman–Crippen LogP) is 6.15. The first-order chi connectivity index (χ1) is 17.4. The van der Waals surface area contributed by atoms with Gasteiger partial charge in [0.1, 0.15) is 0 Å². The molecular formula is C22H15ClF9NO5. The summed E-state index contributed by atoms with van der Waals surface area (Å²) in [6.07, 6.45) is -18.9. The maximum atomic E-state index is 14.0. The van der Waals surface area contributed by atoms with E-state index >= 15 is 0 Å². The standard InChI is InChI=1S/C22H15ClF9NO5/c23-14-5-1-12(2-6-14)17(35)38-19(21(27,28)29,22(30,31)32)13-3-7-15(8-4-13)33-16(34)11-18(20(24,25)26)36-9-10-37-18/h1-8H,9-11H2,(H,33,34). The Kier molecular flexibility index (Phi) is 7.97. The normalized spacial score (nSPS) is 16.3. The van der Waals surface area contributed by atoms with Gasteiger partial charge in [-0.1, -0.05) is 23.7 Å². The summed E-state index contributed by atoms with van der Waals surface area (Å²) in [5, 5.41) is 1.96. The number of esters is 1. The number of halogens is 10. The van der Waals surface area contributed by atoms with Crippen LogP contribution in [0.4, 0.5) is 45.2 Å². The molecule has 1 saturated heterocycles. The number of nitrogens with one attached hydrogen (secondary N) is 1. The smallest absolute Gasteiger partial charge is 0.431 e. The zero-order chi connectivity index (χ0) is 28.6. The number of carbonyl (C=O) groups excluding carboxylic acids is 2. The maximum Gasteiger partial charge on any atom is 0.443 e. The zero-order valence-corrected chi connectivity index (χ0v) is 19.3. The van der Waals surface area contributed by atoms with Gasteiger partial charge in [-0.05, 0) is 36.4 Å². The molecule has 0 unspecified atom stereocenters. The summed E-state index contributed by atoms with van der Waals surface area (Å²) in [5.74, 6) is -6.58. The second-order valence-corrected chi connectivity index (χ2v) is 8.26. The Morgan fingerprint density at radius 1 is 0.842 bits per heavy atom. The van der Waals surface area contributed by atoms with Crippen LogP contribution in [0.15, 0.2) is 48.5 Å². The molecule has 1 aliphatic rings. The van der Waals surface area contributed by atoms with E-state index in [4.69, 9.17) is 11.6 Å². The Bertz CT molecular complexity index is 1140. The summed E-state index contributed by atoms with van der Waals surface area (Å²) in [6, 6.07) is 5.44. The van der Waals surface area contributed by atoms with Gasteiger partial charge in [0, 0.05) is 16.3 Å². The van der Waals surface area contributed by atoms with Gasteiger partial charge in [-0.25, -0.2) is 4.79 Å². The molecule has 2 aromatic rings. The van der Waals surface area contributed by atoms with Gasteiger partial charge in [0.05, 0.1) is 25.2 Å². The van der Waals surface area contributed by atoms with Crippen LogP contribution in [0.25, 0.3) is 0 Å². The quantitative estimate of drug-likeness (QED) is 0.328. The number of hydrogen-bond acceptors (Lipinski definition) is 5. The summed E-state index contributed by atoms with van der Waals surface area (Å²) in [7, 11) is 0.